The number of hydrogen-bond donors (Lipinski definition) is 2. The molecule has 0 fully saturated rings. The van der Waals surface area contributed by atoms with Crippen LogP contribution in [0.4, 0.5) is 5.69 Å². The van der Waals surface area contributed by atoms with Crippen molar-refractivity contribution in [2.24, 2.45) is 10.2 Å². The lowest BCUT2D eigenvalue weighted by Gasteiger charge is -2.04. The van der Waals surface area contributed by atoms with Gasteiger partial charge in [-0.3, -0.25) is 9.59 Å². The van der Waals surface area contributed by atoms with E-state index in [0.717, 1.165) is 11.9 Å². The number of aromatic hydroxyl groups is 1. The van der Waals surface area contributed by atoms with E-state index in [0.29, 0.717) is 23.2 Å². The van der Waals surface area contributed by atoms with Crippen LogP contribution in [0.15, 0.2) is 58.8 Å². The van der Waals surface area contributed by atoms with Gasteiger partial charge < -0.3 is 19.7 Å². The van der Waals surface area contributed by atoms with E-state index < -0.39 is 5.91 Å². The number of carbonyl (C=O) groups is 2. The number of ether oxygens (including phenoxy) is 1. The van der Waals surface area contributed by atoms with Crippen molar-refractivity contribution < 1.29 is 19.4 Å². The maximum Gasteiger partial charge on any atom is 0.266 e. The number of hydrogen-bond acceptors (Lipinski definition) is 5. The summed E-state index contributed by atoms with van der Waals surface area (Å²) < 4.78 is 6.98. The molecule has 0 aliphatic carbocycles. The lowest BCUT2D eigenvalue weighted by molar-refractivity contribution is -0.118. The fourth-order valence-corrected chi connectivity index (χ4v) is 3.11. The van der Waals surface area contributed by atoms with Crippen LogP contribution in [0, 0.1) is 0 Å². The number of aromatic nitrogens is 1. The molecule has 0 saturated carbocycles. The number of nitrogens with one attached hydrogen (secondary N) is 1. The van der Waals surface area contributed by atoms with Gasteiger partial charge in [-0.25, -0.2) is 0 Å². The highest BCUT2D eigenvalue weighted by Crippen LogP contribution is 2.40. The first-order chi connectivity index (χ1) is 14.5. The van der Waals surface area contributed by atoms with Crippen LogP contribution in [-0.4, -0.2) is 35.1 Å². The predicted octanol–water partition coefficient (Wildman–Crippen LogP) is 4.20. The monoisotopic (exact) mass is 408 g/mol. The van der Waals surface area contributed by atoms with Gasteiger partial charge in [0, 0.05) is 30.5 Å². The van der Waals surface area contributed by atoms with Crippen molar-refractivity contribution in [3.05, 3.63) is 54.1 Å². The summed E-state index contributed by atoms with van der Waals surface area (Å²) in [5.41, 5.74) is 1.53. The van der Waals surface area contributed by atoms with E-state index >= 15 is 0 Å². The Morgan fingerprint density at radius 1 is 1.17 bits per heavy atom. The molecule has 1 aromatic heterocycles. The Labute approximate surface area is 174 Å². The van der Waals surface area contributed by atoms with Crippen LogP contribution in [0.25, 0.3) is 10.9 Å². The number of amides is 2. The molecule has 0 radical (unpaired) electrons. The van der Waals surface area contributed by atoms with E-state index in [1.165, 1.54) is 0 Å². The number of fused-ring (bicyclic) bond motifs is 1. The number of nitrogens with zero attached hydrogens (tertiary/aromatic N) is 3. The number of benzene rings is 2. The number of rotatable bonds is 8. The zero-order chi connectivity index (χ0) is 21.5. The maximum absolute atomic E-state index is 12.1. The van der Waals surface area contributed by atoms with Gasteiger partial charge in [-0.05, 0) is 36.8 Å². The molecular formula is C22H24N4O4. The Kier molecular flexibility index (Phi) is 6.79. The Hall–Kier alpha value is -3.68. The minimum Gasteiger partial charge on any atom is -0.497 e. The van der Waals surface area contributed by atoms with Gasteiger partial charge in [-0.15, -0.1) is 10.2 Å². The van der Waals surface area contributed by atoms with E-state index in [4.69, 9.17) is 4.74 Å². The largest absolute Gasteiger partial charge is 0.497 e. The van der Waals surface area contributed by atoms with Crippen molar-refractivity contribution in [2.45, 2.75) is 26.3 Å². The van der Waals surface area contributed by atoms with Gasteiger partial charge in [0.1, 0.15) is 5.75 Å². The van der Waals surface area contributed by atoms with Crippen LogP contribution in [0.1, 0.15) is 30.1 Å². The Morgan fingerprint density at radius 3 is 2.63 bits per heavy atom. The second-order valence-corrected chi connectivity index (χ2v) is 6.67. The SMILES string of the molecule is CCCn1c(O)c(N=NC(=O)CCNC(=O)c2ccccc2)c2cc(OC)ccc21. The number of carbonyl (C=O) groups excluding carboxylic acids is 2. The molecule has 0 spiro atoms. The summed E-state index contributed by atoms with van der Waals surface area (Å²) in [6.07, 6.45) is 0.819. The van der Waals surface area contributed by atoms with Crippen LogP contribution in [0.2, 0.25) is 0 Å². The molecule has 2 N–H and O–H groups in total. The molecule has 3 rings (SSSR count). The van der Waals surface area contributed by atoms with Crippen molar-refractivity contribution in [3.63, 3.8) is 0 Å². The topological polar surface area (TPSA) is 105 Å². The van der Waals surface area contributed by atoms with Gasteiger partial charge >= 0.3 is 0 Å². The molecule has 2 amide bonds. The zero-order valence-corrected chi connectivity index (χ0v) is 17.0. The van der Waals surface area contributed by atoms with Gasteiger partial charge in [0.05, 0.1) is 12.6 Å². The van der Waals surface area contributed by atoms with Gasteiger partial charge in [0.25, 0.3) is 11.8 Å². The third-order valence-electron chi connectivity index (χ3n) is 4.59. The van der Waals surface area contributed by atoms with Gasteiger partial charge in [0.2, 0.25) is 5.88 Å². The van der Waals surface area contributed by atoms with Crippen LogP contribution in [-0.2, 0) is 11.3 Å². The average molecular weight is 408 g/mol. The highest BCUT2D eigenvalue weighted by Gasteiger charge is 2.17. The number of methoxy groups -OCH3 is 1. The molecule has 0 saturated heterocycles. The van der Waals surface area contributed by atoms with Gasteiger partial charge in [0.15, 0.2) is 5.69 Å². The summed E-state index contributed by atoms with van der Waals surface area (Å²) >= 11 is 0. The highest BCUT2D eigenvalue weighted by molar-refractivity contribution is 5.96. The van der Waals surface area contributed by atoms with E-state index in [1.54, 1.807) is 48.1 Å². The molecule has 2 aromatic carbocycles. The van der Waals surface area contributed by atoms with Crippen molar-refractivity contribution >= 4 is 28.4 Å². The van der Waals surface area contributed by atoms with E-state index in [2.05, 4.69) is 15.5 Å². The van der Waals surface area contributed by atoms with E-state index in [9.17, 15) is 14.7 Å². The average Bonchev–Trinajstić information content (AvgIpc) is 3.03. The first-order valence-electron chi connectivity index (χ1n) is 9.72. The quantitative estimate of drug-likeness (QED) is 0.545. The lowest BCUT2D eigenvalue weighted by Crippen LogP contribution is -2.25. The van der Waals surface area contributed by atoms with Crippen LogP contribution < -0.4 is 10.1 Å². The summed E-state index contributed by atoms with van der Waals surface area (Å²) in [7, 11) is 1.55. The molecular weight excluding hydrogens is 384 g/mol. The number of azo groups is 1. The van der Waals surface area contributed by atoms with E-state index in [1.807, 2.05) is 19.1 Å². The molecule has 8 heteroatoms. The number of aryl methyl sites for hydroxylation is 1. The van der Waals surface area contributed by atoms with Crippen LogP contribution in [0.5, 0.6) is 11.6 Å². The second kappa shape index (κ2) is 9.69. The smallest absolute Gasteiger partial charge is 0.266 e. The summed E-state index contributed by atoms with van der Waals surface area (Å²) in [4.78, 5) is 24.1. The van der Waals surface area contributed by atoms with Crippen molar-refractivity contribution in [1.82, 2.24) is 9.88 Å². The molecule has 0 aliphatic rings. The molecule has 0 bridgehead atoms. The maximum atomic E-state index is 12.1. The molecule has 156 valence electrons. The van der Waals surface area contributed by atoms with E-state index in [-0.39, 0.29) is 30.4 Å². The fourth-order valence-electron chi connectivity index (χ4n) is 3.11. The fraction of sp³-hybridized carbons (Fsp3) is 0.273. The first kappa shape index (κ1) is 21.0. The minimum atomic E-state index is -0.498. The third-order valence-corrected chi connectivity index (χ3v) is 4.59. The van der Waals surface area contributed by atoms with Gasteiger partial charge in [-0.2, -0.15) is 0 Å². The Morgan fingerprint density at radius 2 is 1.93 bits per heavy atom. The van der Waals surface area contributed by atoms with Gasteiger partial charge in [-0.1, -0.05) is 25.1 Å². The standard InChI is InChI=1S/C22H24N4O4/c1-3-13-26-18-10-9-16(30-2)14-17(18)20(22(26)29)25-24-19(27)11-12-23-21(28)15-7-5-4-6-8-15/h4-10,14,29H,3,11-13H2,1-2H3,(H,23,28). The summed E-state index contributed by atoms with van der Waals surface area (Å²) in [5, 5.41) is 21.6. The predicted molar refractivity (Wildman–Crippen MR) is 113 cm³/mol. The summed E-state index contributed by atoms with van der Waals surface area (Å²) in [6, 6.07) is 14.1. The Bertz CT molecular complexity index is 1070. The molecule has 0 atom stereocenters. The van der Waals surface area contributed by atoms with Crippen molar-refractivity contribution in [1.29, 1.82) is 0 Å². The molecule has 8 nitrogen and oxygen atoms in total. The highest BCUT2D eigenvalue weighted by atomic mass is 16.5. The summed E-state index contributed by atoms with van der Waals surface area (Å²) in [5.74, 6) is -0.189. The third kappa shape index (κ3) is 4.65. The molecule has 1 heterocycles. The van der Waals surface area contributed by atoms with Crippen molar-refractivity contribution in [3.8, 4) is 11.6 Å². The lowest BCUT2D eigenvalue weighted by atomic mass is 10.2. The minimum absolute atomic E-state index is 0.000240. The first-order valence-corrected chi connectivity index (χ1v) is 9.72. The van der Waals surface area contributed by atoms with Crippen LogP contribution >= 0.6 is 0 Å². The normalized spacial score (nSPS) is 11.1. The molecule has 0 unspecified atom stereocenters. The molecule has 3 aromatic rings. The second-order valence-electron chi connectivity index (χ2n) is 6.67. The summed E-state index contributed by atoms with van der Waals surface area (Å²) in [6.45, 7) is 2.75. The molecule has 0 aliphatic heterocycles. The Balaban J connectivity index is 1.71. The van der Waals surface area contributed by atoms with Crippen molar-refractivity contribution in [2.75, 3.05) is 13.7 Å². The van der Waals surface area contributed by atoms with Crippen LogP contribution in [0.3, 0.4) is 0 Å². The zero-order valence-electron chi connectivity index (χ0n) is 17.0. The molecule has 30 heavy (non-hydrogen) atoms.